The molecule has 2 heterocycles. The zero-order valence-corrected chi connectivity index (χ0v) is 29.1. The summed E-state index contributed by atoms with van der Waals surface area (Å²) in [4.78, 5) is 5.31. The van der Waals surface area contributed by atoms with E-state index < -0.39 is 0 Å². The summed E-state index contributed by atoms with van der Waals surface area (Å²) in [5.74, 6) is 0.668. The summed E-state index contributed by atoms with van der Waals surface area (Å²) in [7, 11) is 0. The minimum atomic E-state index is 0.668. The molecule has 0 aliphatic rings. The van der Waals surface area contributed by atoms with Crippen LogP contribution in [0.25, 0.3) is 60.7 Å². The maximum absolute atomic E-state index is 5.31. The van der Waals surface area contributed by atoms with Crippen molar-refractivity contribution < 1.29 is 0 Å². The van der Waals surface area contributed by atoms with Crippen molar-refractivity contribution in [3.63, 3.8) is 0 Å². The molecule has 2 aromatic heterocycles. The number of hydrogen-bond acceptors (Lipinski definition) is 1. The molecule has 0 fully saturated rings. The van der Waals surface area contributed by atoms with Gasteiger partial charge in [0.2, 0.25) is 0 Å². The summed E-state index contributed by atoms with van der Waals surface area (Å²) in [6.45, 7) is 14.8. The highest BCUT2D eigenvalue weighted by Crippen LogP contribution is 2.41. The van der Waals surface area contributed by atoms with Crippen molar-refractivity contribution >= 4 is 60.7 Å². The van der Waals surface area contributed by atoms with Gasteiger partial charge in [0.15, 0.2) is 0 Å². The minimum absolute atomic E-state index is 0.668. The molecule has 0 saturated carbocycles. The van der Waals surface area contributed by atoms with Crippen LogP contribution in [0.4, 0.5) is 0 Å². The highest BCUT2D eigenvalue weighted by Gasteiger charge is 2.21. The van der Waals surface area contributed by atoms with Gasteiger partial charge in [-0.1, -0.05) is 156 Å². The molecule has 3 nitrogen and oxygen atoms in total. The van der Waals surface area contributed by atoms with Gasteiger partial charge >= 0.3 is 0 Å². The maximum Gasteiger partial charge on any atom is 0.131 e. The molecule has 0 amide bonds. The summed E-state index contributed by atoms with van der Waals surface area (Å²) in [6.07, 6.45) is 2.17. The predicted octanol–water partition coefficient (Wildman–Crippen LogP) is 13.0. The summed E-state index contributed by atoms with van der Waals surface area (Å²) in [6, 6.07) is 53.2. The van der Waals surface area contributed by atoms with Gasteiger partial charge in [0, 0.05) is 32.8 Å². The molecule has 0 unspecified atom stereocenters. The number of rotatable bonds is 6. The monoisotopic (exact) mass is 637 g/mol. The summed E-state index contributed by atoms with van der Waals surface area (Å²) < 4.78 is 4.61. The largest absolute Gasteiger partial charge is 0.309 e. The van der Waals surface area contributed by atoms with E-state index in [4.69, 9.17) is 4.99 Å². The average Bonchev–Trinajstić information content (AvgIpc) is 3.70. The maximum atomic E-state index is 5.31. The quantitative estimate of drug-likeness (QED) is 0.162. The average molecular weight is 638 g/mol. The van der Waals surface area contributed by atoms with Crippen LogP contribution in [0, 0.1) is 0 Å². The van der Waals surface area contributed by atoms with E-state index in [0.29, 0.717) is 5.82 Å². The van der Waals surface area contributed by atoms with Crippen LogP contribution in [0.2, 0.25) is 0 Å². The van der Waals surface area contributed by atoms with Crippen LogP contribution < -0.4 is 0 Å². The Balaban J connectivity index is 0.00000101. The molecule has 8 rings (SSSR count). The van der Waals surface area contributed by atoms with Gasteiger partial charge < -0.3 is 4.57 Å². The fourth-order valence-electron chi connectivity index (χ4n) is 6.60. The van der Waals surface area contributed by atoms with E-state index in [1.807, 2.05) is 39.8 Å². The van der Waals surface area contributed by atoms with Crippen LogP contribution in [0.1, 0.15) is 45.7 Å². The number of fused-ring (bicyclic) bond motifs is 7. The first-order chi connectivity index (χ1) is 24.2. The summed E-state index contributed by atoms with van der Waals surface area (Å²) in [5.41, 5.74) is 9.87. The molecular weight excluding hydrogens is 595 g/mol. The second-order valence-electron chi connectivity index (χ2n) is 11.4. The fourth-order valence-corrected chi connectivity index (χ4v) is 6.60. The molecule has 0 aliphatic carbocycles. The van der Waals surface area contributed by atoms with Crippen LogP contribution in [-0.2, 0) is 0 Å². The molecule has 242 valence electrons. The Morgan fingerprint density at radius 1 is 0.531 bits per heavy atom. The molecule has 8 aromatic rings. The highest BCUT2D eigenvalue weighted by molar-refractivity contribution is 6.26. The third-order valence-corrected chi connectivity index (χ3v) is 8.64. The van der Waals surface area contributed by atoms with Crippen molar-refractivity contribution in [2.45, 2.75) is 34.6 Å². The molecule has 0 spiro atoms. The SMILES string of the molecule is C=C(/N=C(\C=C(/C)c1ccccc1)c1ccccc1)n1c2ccccc2c2ccc3c(c4ccccc4n3-c3ccccc3)c21.CC.CC. The Bertz CT molecular complexity index is 2420. The van der Waals surface area contributed by atoms with Gasteiger partial charge in [-0.05, 0) is 54.5 Å². The molecule has 0 radical (unpaired) electrons. The van der Waals surface area contributed by atoms with Gasteiger partial charge in [0.25, 0.3) is 0 Å². The standard InChI is InChI=1S/C42H31N3.2C2H6/c1-29(31-16-6-3-7-17-31)28-37(32-18-8-4-9-19-32)43-30(2)44-38-24-14-12-22-34(38)35-26-27-40-41(42(35)44)36-23-13-15-25-39(36)45(40)33-20-10-5-11-21-33;2*1-2/h3-28H,2H2,1H3;2*1-2H3/b29-28+,43-37+;;. The van der Waals surface area contributed by atoms with E-state index in [1.54, 1.807) is 0 Å². The van der Waals surface area contributed by atoms with E-state index in [1.165, 1.54) is 32.6 Å². The molecule has 3 heteroatoms. The van der Waals surface area contributed by atoms with Crippen molar-refractivity contribution in [2.75, 3.05) is 0 Å². The third kappa shape index (κ3) is 6.12. The lowest BCUT2D eigenvalue weighted by atomic mass is 10.0. The zero-order valence-electron chi connectivity index (χ0n) is 29.1. The molecular formula is C46H43N3. The lowest BCUT2D eigenvalue weighted by Gasteiger charge is -2.12. The van der Waals surface area contributed by atoms with Crippen molar-refractivity contribution in [1.82, 2.24) is 9.13 Å². The van der Waals surface area contributed by atoms with Gasteiger partial charge in [-0.3, -0.25) is 4.57 Å². The van der Waals surface area contributed by atoms with Crippen LogP contribution >= 0.6 is 0 Å². The number of benzene rings is 6. The Morgan fingerprint density at radius 3 is 1.71 bits per heavy atom. The zero-order chi connectivity index (χ0) is 34.3. The Morgan fingerprint density at radius 2 is 1.06 bits per heavy atom. The normalized spacial score (nSPS) is 11.7. The van der Waals surface area contributed by atoms with Crippen LogP contribution in [0.15, 0.2) is 169 Å². The van der Waals surface area contributed by atoms with Gasteiger partial charge in [-0.15, -0.1) is 0 Å². The highest BCUT2D eigenvalue weighted by atomic mass is 15.1. The number of nitrogens with zero attached hydrogens (tertiary/aromatic N) is 3. The molecule has 0 bridgehead atoms. The van der Waals surface area contributed by atoms with E-state index in [9.17, 15) is 0 Å². The second kappa shape index (κ2) is 14.9. The first-order valence-electron chi connectivity index (χ1n) is 17.3. The van der Waals surface area contributed by atoms with E-state index in [-0.39, 0.29) is 0 Å². The van der Waals surface area contributed by atoms with Crippen LogP contribution in [0.3, 0.4) is 0 Å². The minimum Gasteiger partial charge on any atom is -0.309 e. The number of aromatic nitrogens is 2. The molecule has 49 heavy (non-hydrogen) atoms. The van der Waals surface area contributed by atoms with E-state index >= 15 is 0 Å². The number of aliphatic imine (C=N–C) groups is 1. The smallest absolute Gasteiger partial charge is 0.131 e. The number of hydrogen-bond donors (Lipinski definition) is 0. The van der Waals surface area contributed by atoms with Crippen molar-refractivity contribution in [2.24, 2.45) is 4.99 Å². The molecule has 0 aliphatic heterocycles. The van der Waals surface area contributed by atoms with Gasteiger partial charge in [-0.2, -0.15) is 0 Å². The van der Waals surface area contributed by atoms with Crippen molar-refractivity contribution in [1.29, 1.82) is 0 Å². The molecule has 0 saturated heterocycles. The number of allylic oxidation sites excluding steroid dienone is 2. The summed E-state index contributed by atoms with van der Waals surface area (Å²) in [5, 5.41) is 4.75. The third-order valence-electron chi connectivity index (χ3n) is 8.64. The lowest BCUT2D eigenvalue weighted by molar-refractivity contribution is 1.17. The van der Waals surface area contributed by atoms with Gasteiger partial charge in [0.05, 0.1) is 27.8 Å². The Hall–Kier alpha value is -5.93. The molecule has 0 atom stereocenters. The van der Waals surface area contributed by atoms with Gasteiger partial charge in [-0.25, -0.2) is 4.99 Å². The second-order valence-corrected chi connectivity index (χ2v) is 11.4. The first kappa shape index (κ1) is 33.0. The van der Waals surface area contributed by atoms with E-state index in [0.717, 1.165) is 39.1 Å². The van der Waals surface area contributed by atoms with Crippen LogP contribution in [-0.4, -0.2) is 14.8 Å². The van der Waals surface area contributed by atoms with Crippen LogP contribution in [0.5, 0.6) is 0 Å². The number of para-hydroxylation sites is 3. The molecule has 0 N–H and O–H groups in total. The topological polar surface area (TPSA) is 22.2 Å². The van der Waals surface area contributed by atoms with Crippen molar-refractivity contribution in [3.8, 4) is 5.69 Å². The van der Waals surface area contributed by atoms with Gasteiger partial charge in [0.1, 0.15) is 5.82 Å². The fraction of sp³-hybridized carbons (Fsp3) is 0.109. The summed E-state index contributed by atoms with van der Waals surface area (Å²) >= 11 is 0. The molecule has 6 aromatic carbocycles. The van der Waals surface area contributed by atoms with E-state index in [2.05, 4.69) is 168 Å². The van der Waals surface area contributed by atoms with Crippen molar-refractivity contribution in [3.05, 3.63) is 175 Å². The Kier molecular flexibility index (Phi) is 10.0. The Labute approximate surface area is 289 Å². The first-order valence-corrected chi connectivity index (χ1v) is 17.3. The predicted molar refractivity (Wildman–Crippen MR) is 215 cm³/mol. The lowest BCUT2D eigenvalue weighted by Crippen LogP contribution is -2.02.